The Morgan fingerprint density at radius 1 is 1.38 bits per heavy atom. The van der Waals surface area contributed by atoms with E-state index in [9.17, 15) is 4.79 Å². The van der Waals surface area contributed by atoms with Gasteiger partial charge in [0.1, 0.15) is 0 Å². The van der Waals surface area contributed by atoms with Crippen LogP contribution in [0.2, 0.25) is 0 Å². The highest BCUT2D eigenvalue weighted by molar-refractivity contribution is 7.80. The largest absolute Gasteiger partial charge is 0.353 e. The molecule has 3 heteroatoms. The van der Waals surface area contributed by atoms with Crippen LogP contribution in [0.3, 0.4) is 0 Å². The Balaban J connectivity index is 1.80. The number of thiol groups is 1. The van der Waals surface area contributed by atoms with Crippen LogP contribution in [-0.4, -0.2) is 11.9 Å². The Morgan fingerprint density at radius 2 is 2.00 bits per heavy atom. The van der Waals surface area contributed by atoms with E-state index in [1.54, 1.807) is 0 Å². The monoisotopic (exact) mass is 235 g/mol. The lowest BCUT2D eigenvalue weighted by Gasteiger charge is -2.33. The first-order chi connectivity index (χ1) is 7.63. The van der Waals surface area contributed by atoms with Gasteiger partial charge in [-0.1, -0.05) is 19.1 Å². The fourth-order valence-corrected chi connectivity index (χ4v) is 2.25. The second-order valence-corrected chi connectivity index (χ2v) is 5.20. The zero-order valence-corrected chi connectivity index (χ0v) is 10.3. The molecule has 86 valence electrons. The standard InChI is InChI=1S/C13H17NOS/c1-9-6-11(7-9)14-13(15)8-10-2-4-12(16)5-3-10/h2-5,9,11,16H,6-8H2,1H3,(H,14,15). The molecule has 1 aliphatic carbocycles. The first kappa shape index (κ1) is 11.5. The molecule has 1 saturated carbocycles. The number of hydrogen-bond donors (Lipinski definition) is 2. The van der Waals surface area contributed by atoms with Crippen LogP contribution in [0.4, 0.5) is 0 Å². The van der Waals surface area contributed by atoms with Crippen LogP contribution in [-0.2, 0) is 11.2 Å². The fraction of sp³-hybridized carbons (Fsp3) is 0.462. The van der Waals surface area contributed by atoms with E-state index in [0.29, 0.717) is 12.5 Å². The van der Waals surface area contributed by atoms with Crippen LogP contribution in [0.25, 0.3) is 0 Å². The second kappa shape index (κ2) is 4.91. The van der Waals surface area contributed by atoms with Crippen LogP contribution < -0.4 is 5.32 Å². The highest BCUT2D eigenvalue weighted by atomic mass is 32.1. The van der Waals surface area contributed by atoms with Gasteiger partial charge in [-0.25, -0.2) is 0 Å². The maximum atomic E-state index is 11.7. The van der Waals surface area contributed by atoms with Crippen molar-refractivity contribution in [2.75, 3.05) is 0 Å². The summed E-state index contributed by atoms with van der Waals surface area (Å²) in [5, 5.41) is 3.05. The van der Waals surface area contributed by atoms with Crippen molar-refractivity contribution >= 4 is 18.5 Å². The average molecular weight is 235 g/mol. The highest BCUT2D eigenvalue weighted by Crippen LogP contribution is 2.26. The predicted octanol–water partition coefficient (Wildman–Crippen LogP) is 2.43. The Bertz CT molecular complexity index is 368. The number of carbonyl (C=O) groups excluding carboxylic acids is 1. The van der Waals surface area contributed by atoms with Gasteiger partial charge >= 0.3 is 0 Å². The van der Waals surface area contributed by atoms with Crippen molar-refractivity contribution < 1.29 is 4.79 Å². The molecule has 0 spiro atoms. The summed E-state index contributed by atoms with van der Waals surface area (Å²) in [5.74, 6) is 0.901. The summed E-state index contributed by atoms with van der Waals surface area (Å²) >= 11 is 4.21. The predicted molar refractivity (Wildman–Crippen MR) is 67.7 cm³/mol. The Kier molecular flexibility index (Phi) is 3.54. The maximum absolute atomic E-state index is 11.7. The van der Waals surface area contributed by atoms with E-state index in [-0.39, 0.29) is 5.91 Å². The third-order valence-electron chi connectivity index (χ3n) is 3.04. The van der Waals surface area contributed by atoms with Gasteiger partial charge in [0.15, 0.2) is 0 Å². The fourth-order valence-electron chi connectivity index (χ4n) is 2.10. The third-order valence-corrected chi connectivity index (χ3v) is 3.34. The average Bonchev–Trinajstić information content (AvgIpc) is 2.19. The molecule has 1 amide bonds. The van der Waals surface area contributed by atoms with Crippen LogP contribution in [0.15, 0.2) is 29.2 Å². The zero-order chi connectivity index (χ0) is 11.5. The molecule has 0 aliphatic heterocycles. The summed E-state index contributed by atoms with van der Waals surface area (Å²) in [6.45, 7) is 2.22. The lowest BCUT2D eigenvalue weighted by molar-refractivity contribution is -0.121. The van der Waals surface area contributed by atoms with Gasteiger partial charge in [0.05, 0.1) is 6.42 Å². The number of amides is 1. The SMILES string of the molecule is CC1CC(NC(=O)Cc2ccc(S)cc2)C1. The molecular formula is C13H17NOS. The summed E-state index contributed by atoms with van der Waals surface area (Å²) in [5.41, 5.74) is 1.04. The summed E-state index contributed by atoms with van der Waals surface area (Å²) in [7, 11) is 0. The van der Waals surface area contributed by atoms with E-state index in [1.165, 1.54) is 0 Å². The molecule has 1 aliphatic rings. The minimum atomic E-state index is 0.129. The van der Waals surface area contributed by atoms with Crippen molar-refractivity contribution in [3.05, 3.63) is 29.8 Å². The quantitative estimate of drug-likeness (QED) is 0.774. The summed E-state index contributed by atoms with van der Waals surface area (Å²) in [6.07, 6.45) is 2.72. The summed E-state index contributed by atoms with van der Waals surface area (Å²) in [6, 6.07) is 8.14. The number of nitrogens with one attached hydrogen (secondary N) is 1. The first-order valence-electron chi connectivity index (χ1n) is 5.71. The number of carbonyl (C=O) groups is 1. The van der Waals surface area contributed by atoms with E-state index in [0.717, 1.165) is 29.2 Å². The van der Waals surface area contributed by atoms with Crippen molar-refractivity contribution in [1.82, 2.24) is 5.32 Å². The van der Waals surface area contributed by atoms with E-state index in [1.807, 2.05) is 24.3 Å². The Morgan fingerprint density at radius 3 is 2.56 bits per heavy atom. The lowest BCUT2D eigenvalue weighted by Crippen LogP contribution is -2.43. The molecule has 0 heterocycles. The molecule has 1 N–H and O–H groups in total. The smallest absolute Gasteiger partial charge is 0.224 e. The number of rotatable bonds is 3. The molecule has 0 unspecified atom stereocenters. The zero-order valence-electron chi connectivity index (χ0n) is 9.44. The van der Waals surface area contributed by atoms with E-state index < -0.39 is 0 Å². The Hall–Kier alpha value is -0.960. The number of hydrogen-bond acceptors (Lipinski definition) is 2. The van der Waals surface area contributed by atoms with Gasteiger partial charge in [-0.15, -0.1) is 12.6 Å². The van der Waals surface area contributed by atoms with Gasteiger partial charge in [0.25, 0.3) is 0 Å². The normalized spacial score (nSPS) is 23.6. The third kappa shape index (κ3) is 3.01. The second-order valence-electron chi connectivity index (χ2n) is 4.68. The van der Waals surface area contributed by atoms with Crippen LogP contribution in [0.1, 0.15) is 25.3 Å². The van der Waals surface area contributed by atoms with Crippen LogP contribution in [0.5, 0.6) is 0 Å². The van der Waals surface area contributed by atoms with Gasteiger partial charge in [-0.3, -0.25) is 4.79 Å². The van der Waals surface area contributed by atoms with Crippen molar-refractivity contribution in [1.29, 1.82) is 0 Å². The van der Waals surface area contributed by atoms with Crippen LogP contribution >= 0.6 is 12.6 Å². The lowest BCUT2D eigenvalue weighted by atomic mass is 9.82. The van der Waals surface area contributed by atoms with Gasteiger partial charge < -0.3 is 5.32 Å². The molecule has 0 atom stereocenters. The molecular weight excluding hydrogens is 218 g/mol. The van der Waals surface area contributed by atoms with Gasteiger partial charge in [0, 0.05) is 10.9 Å². The molecule has 0 radical (unpaired) electrons. The minimum absolute atomic E-state index is 0.129. The molecule has 1 aromatic carbocycles. The summed E-state index contributed by atoms with van der Waals surface area (Å²) in [4.78, 5) is 12.6. The molecule has 0 saturated heterocycles. The van der Waals surface area contributed by atoms with E-state index in [4.69, 9.17) is 0 Å². The number of benzene rings is 1. The van der Waals surface area contributed by atoms with E-state index in [2.05, 4.69) is 24.9 Å². The molecule has 1 aromatic rings. The molecule has 16 heavy (non-hydrogen) atoms. The molecule has 2 rings (SSSR count). The highest BCUT2D eigenvalue weighted by Gasteiger charge is 2.26. The van der Waals surface area contributed by atoms with E-state index >= 15 is 0 Å². The molecule has 1 fully saturated rings. The topological polar surface area (TPSA) is 29.1 Å². The van der Waals surface area contributed by atoms with Gasteiger partial charge in [0.2, 0.25) is 5.91 Å². The van der Waals surface area contributed by atoms with Crippen molar-refractivity contribution in [3.8, 4) is 0 Å². The van der Waals surface area contributed by atoms with Gasteiger partial charge in [-0.05, 0) is 36.5 Å². The molecule has 0 aromatic heterocycles. The van der Waals surface area contributed by atoms with Gasteiger partial charge in [-0.2, -0.15) is 0 Å². The first-order valence-corrected chi connectivity index (χ1v) is 6.15. The van der Waals surface area contributed by atoms with Crippen LogP contribution in [0, 0.1) is 5.92 Å². The van der Waals surface area contributed by atoms with Crippen molar-refractivity contribution in [2.24, 2.45) is 5.92 Å². The molecule has 0 bridgehead atoms. The maximum Gasteiger partial charge on any atom is 0.224 e. The molecule has 2 nitrogen and oxygen atoms in total. The van der Waals surface area contributed by atoms with Crippen molar-refractivity contribution in [3.63, 3.8) is 0 Å². The minimum Gasteiger partial charge on any atom is -0.353 e. The van der Waals surface area contributed by atoms with Crippen molar-refractivity contribution in [2.45, 2.75) is 37.1 Å². The Labute approximate surface area is 102 Å². The summed E-state index contributed by atoms with van der Waals surface area (Å²) < 4.78 is 0.